The van der Waals surface area contributed by atoms with Crippen LogP contribution in [0.15, 0.2) is 56.6 Å². The summed E-state index contributed by atoms with van der Waals surface area (Å²) in [4.78, 5) is 24.4. The number of hydrogen-bond donors (Lipinski definition) is 6. The Morgan fingerprint density at radius 2 is 2.00 bits per heavy atom. The van der Waals surface area contributed by atoms with Gasteiger partial charge in [-0.2, -0.15) is 0 Å². The van der Waals surface area contributed by atoms with Crippen LogP contribution in [0.1, 0.15) is 19.4 Å². The fraction of sp³-hybridized carbons (Fsp3) is 0.227. The Kier molecular flexibility index (Phi) is 6.13. The van der Waals surface area contributed by atoms with Crippen LogP contribution in [0.25, 0.3) is 10.9 Å². The fourth-order valence-electron chi connectivity index (χ4n) is 3.48. The molecule has 1 amide bonds. The van der Waals surface area contributed by atoms with E-state index in [4.69, 9.17) is 10.5 Å². The first-order valence-electron chi connectivity index (χ1n) is 10.4. The van der Waals surface area contributed by atoms with Gasteiger partial charge in [-0.25, -0.2) is 4.68 Å². The molecule has 1 aliphatic rings. The minimum absolute atomic E-state index is 0.0109. The summed E-state index contributed by atoms with van der Waals surface area (Å²) in [6.07, 6.45) is 0. The van der Waals surface area contributed by atoms with Gasteiger partial charge in [0, 0.05) is 18.0 Å². The minimum atomic E-state index is -3.78. The summed E-state index contributed by atoms with van der Waals surface area (Å²) < 4.78 is 32.0. The van der Waals surface area contributed by atoms with Crippen molar-refractivity contribution in [2.45, 2.75) is 18.7 Å². The lowest BCUT2D eigenvalue weighted by molar-refractivity contribution is -0.119. The summed E-state index contributed by atoms with van der Waals surface area (Å²) in [6.45, 7) is 4.08. The molecule has 3 aromatic rings. The van der Waals surface area contributed by atoms with E-state index < -0.39 is 22.2 Å². The number of carbonyl (C=O) groups is 1. The molecule has 1 aliphatic heterocycles. The molecular weight excluding hydrogens is 462 g/mol. The lowest BCUT2D eigenvalue weighted by Crippen LogP contribution is -2.37. The Morgan fingerprint density at radius 1 is 1.26 bits per heavy atom. The van der Waals surface area contributed by atoms with E-state index in [-0.39, 0.29) is 46.0 Å². The second kappa shape index (κ2) is 8.89. The molecule has 34 heavy (non-hydrogen) atoms. The number of amidine groups is 1. The van der Waals surface area contributed by atoms with Gasteiger partial charge in [0.15, 0.2) is 12.4 Å². The van der Waals surface area contributed by atoms with E-state index in [1.807, 2.05) is 13.8 Å². The van der Waals surface area contributed by atoms with Crippen molar-refractivity contribution in [3.05, 3.63) is 58.4 Å². The smallest absolute Gasteiger partial charge is 0.284 e. The third-order valence-electron chi connectivity index (χ3n) is 5.05. The van der Waals surface area contributed by atoms with Gasteiger partial charge in [-0.15, -0.1) is 4.40 Å². The van der Waals surface area contributed by atoms with E-state index in [0.717, 1.165) is 0 Å². The zero-order valence-corrected chi connectivity index (χ0v) is 19.3. The first kappa shape index (κ1) is 23.4. The number of aromatic hydroxyl groups is 1. The van der Waals surface area contributed by atoms with Crippen molar-refractivity contribution in [2.24, 2.45) is 16.0 Å². The van der Waals surface area contributed by atoms with E-state index in [1.165, 1.54) is 22.9 Å². The molecule has 4 rings (SSSR count). The van der Waals surface area contributed by atoms with Crippen LogP contribution in [0.5, 0.6) is 11.5 Å². The van der Waals surface area contributed by atoms with Crippen molar-refractivity contribution in [3.63, 3.8) is 0 Å². The average molecular weight is 488 g/mol. The van der Waals surface area contributed by atoms with Crippen LogP contribution in [0, 0.1) is 5.92 Å². The fourth-order valence-corrected chi connectivity index (χ4v) is 4.66. The molecule has 0 spiro atoms. The maximum Gasteiger partial charge on any atom is 0.284 e. The Labute approximate surface area is 196 Å². The van der Waals surface area contributed by atoms with E-state index >= 15 is 0 Å². The molecule has 180 valence electrons. The minimum Gasteiger partial charge on any atom is -0.506 e. The normalized spacial score (nSPS) is 15.3. The highest BCUT2D eigenvalue weighted by molar-refractivity contribution is 8.23. The van der Waals surface area contributed by atoms with Gasteiger partial charge in [0.05, 0.1) is 11.2 Å². The number of nitrogens with two attached hydrogens (primary N) is 1. The van der Waals surface area contributed by atoms with Crippen LogP contribution in [-0.4, -0.2) is 43.8 Å². The molecule has 2 heterocycles. The Morgan fingerprint density at radius 3 is 2.71 bits per heavy atom. The highest BCUT2D eigenvalue weighted by Gasteiger charge is 2.31. The Balaban J connectivity index is 1.83. The predicted molar refractivity (Wildman–Crippen MR) is 131 cm³/mol. The summed E-state index contributed by atoms with van der Waals surface area (Å²) in [7, 11) is -3.78. The number of nitrogens with zero attached hydrogens (tertiary/aromatic N) is 2. The van der Waals surface area contributed by atoms with E-state index in [1.54, 1.807) is 24.3 Å². The number of anilines is 1. The third kappa shape index (κ3) is 4.38. The van der Waals surface area contributed by atoms with Gasteiger partial charge in [-0.05, 0) is 30.2 Å². The highest BCUT2D eigenvalue weighted by atomic mass is 32.3. The number of carbonyl (C=O) groups excluding carboxylic acids is 1. The molecule has 0 atom stereocenters. The number of pyridine rings is 1. The first-order valence-corrected chi connectivity index (χ1v) is 11.9. The van der Waals surface area contributed by atoms with Crippen LogP contribution >= 0.6 is 10.8 Å². The quantitative estimate of drug-likeness (QED) is 0.295. The van der Waals surface area contributed by atoms with Gasteiger partial charge in [0.1, 0.15) is 22.0 Å². The molecule has 7 N–H and O–H groups in total. The molecule has 0 bridgehead atoms. The summed E-state index contributed by atoms with van der Waals surface area (Å²) in [5.41, 5.74) is 8.05. The van der Waals surface area contributed by atoms with Gasteiger partial charge < -0.3 is 26.3 Å². The van der Waals surface area contributed by atoms with E-state index in [0.29, 0.717) is 17.4 Å². The summed E-state index contributed by atoms with van der Waals surface area (Å²) in [5, 5.41) is 14.3. The SMILES string of the molecule is CC(C)CNn1c(=O)c(C2=NS(O)(O)c3cc(OCC(N)=O)ccc3N2)c(O)c2ccccc21. The predicted octanol–water partition coefficient (Wildman–Crippen LogP) is 2.67. The Hall–Kier alpha value is -3.74. The standard InChI is InChI=1S/C22H25N5O6S/c1-12(2)10-24-27-16-6-4-3-5-14(16)20(29)19(22(27)30)21-25-15-8-7-13(33-11-18(23)28)9-17(15)34(31,32)26-21/h3-9,12,24,29,31-32H,10-11H2,1-2H3,(H2,23,28)(H,25,26). The van der Waals surface area contributed by atoms with Crippen LogP contribution in [0.2, 0.25) is 0 Å². The molecule has 0 fully saturated rings. The molecule has 0 radical (unpaired) electrons. The molecular formula is C22H25N5O6S. The number of amides is 1. The number of fused-ring (bicyclic) bond motifs is 2. The van der Waals surface area contributed by atoms with Crippen molar-refractivity contribution in [3.8, 4) is 11.5 Å². The van der Waals surface area contributed by atoms with Gasteiger partial charge >= 0.3 is 0 Å². The maximum absolute atomic E-state index is 13.4. The monoisotopic (exact) mass is 487 g/mol. The number of para-hydroxylation sites is 1. The molecule has 0 saturated heterocycles. The molecule has 0 saturated carbocycles. The number of aromatic nitrogens is 1. The number of primary amides is 1. The number of benzene rings is 2. The molecule has 11 nitrogen and oxygen atoms in total. The summed E-state index contributed by atoms with van der Waals surface area (Å²) in [5.74, 6) is -0.789. The zero-order chi connectivity index (χ0) is 24.6. The number of nitrogens with one attached hydrogen (secondary N) is 2. The van der Waals surface area contributed by atoms with Crippen molar-refractivity contribution in [2.75, 3.05) is 23.9 Å². The third-order valence-corrected chi connectivity index (χ3v) is 6.41. The topological polar surface area (TPSA) is 171 Å². The maximum atomic E-state index is 13.4. The van der Waals surface area contributed by atoms with Gasteiger partial charge in [0.2, 0.25) is 0 Å². The lowest BCUT2D eigenvalue weighted by atomic mass is 10.1. The Bertz CT molecular complexity index is 1370. The van der Waals surface area contributed by atoms with Crippen LogP contribution in [0.4, 0.5) is 5.69 Å². The molecule has 12 heteroatoms. The van der Waals surface area contributed by atoms with Gasteiger partial charge in [-0.3, -0.25) is 18.7 Å². The van der Waals surface area contributed by atoms with Crippen LogP contribution in [-0.2, 0) is 4.79 Å². The molecule has 1 aromatic heterocycles. The van der Waals surface area contributed by atoms with Crippen LogP contribution in [0.3, 0.4) is 0 Å². The van der Waals surface area contributed by atoms with Gasteiger partial charge in [-0.1, -0.05) is 36.8 Å². The lowest BCUT2D eigenvalue weighted by Gasteiger charge is -2.34. The van der Waals surface area contributed by atoms with Crippen molar-refractivity contribution in [1.82, 2.24) is 4.68 Å². The molecule has 2 aromatic carbocycles. The number of hydrogen-bond acceptors (Lipinski definition) is 9. The number of rotatable bonds is 7. The van der Waals surface area contributed by atoms with Crippen molar-refractivity contribution in [1.29, 1.82) is 0 Å². The number of ether oxygens (including phenoxy) is 1. The van der Waals surface area contributed by atoms with Crippen LogP contribution < -0.4 is 26.8 Å². The molecule has 0 unspecified atom stereocenters. The summed E-state index contributed by atoms with van der Waals surface area (Å²) >= 11 is 0. The van der Waals surface area contributed by atoms with Gasteiger partial charge in [0.25, 0.3) is 11.5 Å². The van der Waals surface area contributed by atoms with Crippen molar-refractivity contribution >= 4 is 39.1 Å². The van der Waals surface area contributed by atoms with E-state index in [9.17, 15) is 23.8 Å². The largest absolute Gasteiger partial charge is 0.506 e. The molecule has 0 aliphatic carbocycles. The highest BCUT2D eigenvalue weighted by Crippen LogP contribution is 2.56. The zero-order valence-electron chi connectivity index (χ0n) is 18.5. The second-order valence-corrected chi connectivity index (χ2v) is 9.79. The first-order chi connectivity index (χ1) is 16.1. The average Bonchev–Trinajstić information content (AvgIpc) is 2.77. The second-order valence-electron chi connectivity index (χ2n) is 8.13. The van der Waals surface area contributed by atoms with Crippen molar-refractivity contribution < 1.29 is 23.7 Å². The van der Waals surface area contributed by atoms with E-state index in [2.05, 4.69) is 15.1 Å². The summed E-state index contributed by atoms with van der Waals surface area (Å²) in [6, 6.07) is 11.1.